The van der Waals surface area contributed by atoms with Crippen LogP contribution < -0.4 is 21.4 Å². The normalized spacial score (nSPS) is 35.1. The summed E-state index contributed by atoms with van der Waals surface area (Å²) < 4.78 is 5.47. The van der Waals surface area contributed by atoms with Gasteiger partial charge in [0.05, 0.1) is 13.2 Å². The Morgan fingerprint density at radius 1 is 1.10 bits per heavy atom. The average Bonchev–Trinajstić information content (AvgIpc) is 3.20. The minimum atomic E-state index is 0.223. The van der Waals surface area contributed by atoms with Gasteiger partial charge in [0.1, 0.15) is 11.8 Å². The summed E-state index contributed by atoms with van der Waals surface area (Å²) in [5.41, 5.74) is 5.32. The minimum Gasteiger partial charge on any atom is -0.379 e. The standard InChI is InChI=1S/C22H36N6OS/c1-2-5-17(6-3-1)16-30-22-25-21-24-20-18(15-28(21)26-22)7-4-8-19(20)23-9-10-27-11-13-29-14-12-27/h1-3,5-6,18-26H,4,7-16H2. The number of ether oxygens (including phenoxy) is 1. The summed E-state index contributed by atoms with van der Waals surface area (Å²) in [4.78, 5) is 2.52. The SMILES string of the molecule is c1ccc(CSC2NC3NC4C(CCCC4NCCN4CCOCC4)CN3N2)cc1. The minimum absolute atomic E-state index is 0.223. The first kappa shape index (κ1) is 21.2. The fraction of sp³-hybridized carbons (Fsp3) is 0.727. The second-order valence-corrected chi connectivity index (χ2v) is 10.0. The molecule has 4 N–H and O–H groups in total. The lowest BCUT2D eigenvalue weighted by atomic mass is 9.79. The number of nitrogens with zero attached hydrogens (tertiary/aromatic N) is 2. The van der Waals surface area contributed by atoms with Crippen LogP contribution in [0.2, 0.25) is 0 Å². The van der Waals surface area contributed by atoms with Crippen molar-refractivity contribution in [2.24, 2.45) is 5.92 Å². The Balaban J connectivity index is 1.10. The lowest BCUT2D eigenvalue weighted by Gasteiger charge is -2.47. The molecule has 0 radical (unpaired) electrons. The van der Waals surface area contributed by atoms with E-state index in [9.17, 15) is 0 Å². The van der Waals surface area contributed by atoms with Crippen LogP contribution in [0.4, 0.5) is 0 Å². The van der Waals surface area contributed by atoms with E-state index in [0.29, 0.717) is 18.0 Å². The molecule has 0 spiro atoms. The second kappa shape index (κ2) is 10.3. The number of hydrogen-bond acceptors (Lipinski definition) is 8. The topological polar surface area (TPSA) is 63.8 Å². The van der Waals surface area contributed by atoms with Gasteiger partial charge in [-0.05, 0) is 24.3 Å². The number of thioether (sulfide) groups is 1. The average molecular weight is 433 g/mol. The molecule has 0 amide bonds. The van der Waals surface area contributed by atoms with Crippen molar-refractivity contribution in [2.75, 3.05) is 45.9 Å². The van der Waals surface area contributed by atoms with Crippen LogP contribution >= 0.6 is 11.8 Å². The summed E-state index contributed by atoms with van der Waals surface area (Å²) in [5.74, 6) is 1.73. The maximum Gasteiger partial charge on any atom is 0.129 e. The molecule has 3 aliphatic heterocycles. The van der Waals surface area contributed by atoms with Crippen LogP contribution in [0.15, 0.2) is 30.3 Å². The summed E-state index contributed by atoms with van der Waals surface area (Å²) in [7, 11) is 0. The van der Waals surface area contributed by atoms with E-state index in [1.54, 1.807) is 0 Å². The summed E-state index contributed by atoms with van der Waals surface area (Å²) >= 11 is 1.93. The molecular formula is C22H36N6OS. The highest BCUT2D eigenvalue weighted by molar-refractivity contribution is 7.99. The Morgan fingerprint density at radius 2 is 1.97 bits per heavy atom. The highest BCUT2D eigenvalue weighted by atomic mass is 32.2. The number of nitrogens with one attached hydrogen (secondary N) is 4. The van der Waals surface area contributed by atoms with Gasteiger partial charge in [-0.15, -0.1) is 11.8 Å². The van der Waals surface area contributed by atoms with Gasteiger partial charge in [-0.25, -0.2) is 10.4 Å². The van der Waals surface area contributed by atoms with Crippen LogP contribution in [-0.2, 0) is 10.5 Å². The molecule has 30 heavy (non-hydrogen) atoms. The van der Waals surface area contributed by atoms with Crippen molar-refractivity contribution in [3.05, 3.63) is 35.9 Å². The highest BCUT2D eigenvalue weighted by Gasteiger charge is 2.44. The van der Waals surface area contributed by atoms with Gasteiger partial charge < -0.3 is 10.1 Å². The van der Waals surface area contributed by atoms with Crippen LogP contribution in [0.3, 0.4) is 0 Å². The quantitative estimate of drug-likeness (QED) is 0.508. The lowest BCUT2D eigenvalue weighted by Crippen LogP contribution is -2.68. The predicted molar refractivity (Wildman–Crippen MR) is 122 cm³/mol. The number of benzene rings is 1. The molecule has 5 rings (SSSR count). The van der Waals surface area contributed by atoms with Crippen LogP contribution in [0.25, 0.3) is 0 Å². The zero-order chi connectivity index (χ0) is 20.2. The Hall–Kier alpha value is -0.710. The van der Waals surface area contributed by atoms with E-state index in [1.807, 2.05) is 11.8 Å². The van der Waals surface area contributed by atoms with Gasteiger partial charge in [-0.2, -0.15) is 0 Å². The third kappa shape index (κ3) is 5.19. The Bertz CT molecular complexity index is 660. The van der Waals surface area contributed by atoms with Crippen molar-refractivity contribution in [1.29, 1.82) is 0 Å². The molecule has 7 nitrogen and oxygen atoms in total. The Kier molecular flexibility index (Phi) is 7.24. The van der Waals surface area contributed by atoms with Crippen molar-refractivity contribution in [3.8, 4) is 0 Å². The van der Waals surface area contributed by atoms with E-state index >= 15 is 0 Å². The van der Waals surface area contributed by atoms with Gasteiger partial charge in [0.25, 0.3) is 0 Å². The first-order chi connectivity index (χ1) is 14.8. The van der Waals surface area contributed by atoms with E-state index in [2.05, 4.69) is 61.6 Å². The summed E-state index contributed by atoms with van der Waals surface area (Å²) in [6.07, 6.45) is 4.16. The molecule has 3 saturated heterocycles. The summed E-state index contributed by atoms with van der Waals surface area (Å²) in [6.45, 7) is 7.25. The summed E-state index contributed by atoms with van der Waals surface area (Å²) in [5, 5.41) is 13.9. The van der Waals surface area contributed by atoms with Gasteiger partial charge >= 0.3 is 0 Å². The molecule has 0 bridgehead atoms. The van der Waals surface area contributed by atoms with Crippen LogP contribution in [0.1, 0.15) is 24.8 Å². The van der Waals surface area contributed by atoms with Crippen molar-refractivity contribution in [1.82, 2.24) is 31.3 Å². The van der Waals surface area contributed by atoms with E-state index in [1.165, 1.54) is 24.8 Å². The number of rotatable bonds is 7. The number of hydrogen-bond donors (Lipinski definition) is 4. The molecule has 1 aliphatic carbocycles. The fourth-order valence-corrected chi connectivity index (χ4v) is 6.26. The van der Waals surface area contributed by atoms with Crippen LogP contribution in [-0.4, -0.2) is 79.7 Å². The maximum absolute atomic E-state index is 5.47. The van der Waals surface area contributed by atoms with Gasteiger partial charge in [-0.1, -0.05) is 36.8 Å². The molecule has 4 fully saturated rings. The van der Waals surface area contributed by atoms with E-state index in [-0.39, 0.29) is 11.8 Å². The van der Waals surface area contributed by atoms with Crippen molar-refractivity contribution in [3.63, 3.8) is 0 Å². The molecular weight excluding hydrogens is 396 g/mol. The second-order valence-electron chi connectivity index (χ2n) is 8.93. The van der Waals surface area contributed by atoms with Gasteiger partial charge in [0.2, 0.25) is 0 Å². The third-order valence-electron chi connectivity index (χ3n) is 6.91. The molecule has 0 aromatic heterocycles. The van der Waals surface area contributed by atoms with Gasteiger partial charge in [0, 0.05) is 50.6 Å². The van der Waals surface area contributed by atoms with Crippen molar-refractivity contribution < 1.29 is 4.74 Å². The largest absolute Gasteiger partial charge is 0.379 e. The smallest absolute Gasteiger partial charge is 0.129 e. The first-order valence-electron chi connectivity index (χ1n) is 11.6. The highest BCUT2D eigenvalue weighted by Crippen LogP contribution is 2.31. The molecule has 1 saturated carbocycles. The zero-order valence-electron chi connectivity index (χ0n) is 17.8. The first-order valence-corrected chi connectivity index (χ1v) is 12.6. The molecule has 4 aliphatic rings. The van der Waals surface area contributed by atoms with Crippen molar-refractivity contribution in [2.45, 2.75) is 48.9 Å². The molecule has 8 heteroatoms. The molecule has 1 aromatic carbocycles. The molecule has 5 unspecified atom stereocenters. The monoisotopic (exact) mass is 432 g/mol. The third-order valence-corrected chi connectivity index (χ3v) is 7.99. The predicted octanol–water partition coefficient (Wildman–Crippen LogP) is 0.959. The molecule has 1 aromatic rings. The maximum atomic E-state index is 5.47. The van der Waals surface area contributed by atoms with Gasteiger partial charge in [0.15, 0.2) is 0 Å². The van der Waals surface area contributed by atoms with E-state index in [4.69, 9.17) is 4.74 Å². The van der Waals surface area contributed by atoms with Crippen molar-refractivity contribution >= 4 is 11.8 Å². The number of hydrazine groups is 1. The Labute approximate surface area is 184 Å². The molecule has 166 valence electrons. The molecule has 5 atom stereocenters. The lowest BCUT2D eigenvalue weighted by molar-refractivity contribution is 0.0174. The van der Waals surface area contributed by atoms with Crippen LogP contribution in [0, 0.1) is 5.92 Å². The summed E-state index contributed by atoms with van der Waals surface area (Å²) in [6, 6.07) is 11.9. The number of fused-ring (bicyclic) bond motifs is 2. The Morgan fingerprint density at radius 3 is 2.83 bits per heavy atom. The van der Waals surface area contributed by atoms with E-state index < -0.39 is 0 Å². The van der Waals surface area contributed by atoms with Gasteiger partial charge in [-0.3, -0.25) is 15.5 Å². The van der Waals surface area contributed by atoms with E-state index in [0.717, 1.165) is 51.7 Å². The fourth-order valence-electron chi connectivity index (χ4n) is 5.27. The van der Waals surface area contributed by atoms with Crippen LogP contribution in [0.5, 0.6) is 0 Å². The zero-order valence-corrected chi connectivity index (χ0v) is 18.6. The number of morpholine rings is 1. The molecule has 3 heterocycles.